The summed E-state index contributed by atoms with van der Waals surface area (Å²) in [6.45, 7) is 4.36. The van der Waals surface area contributed by atoms with Crippen LogP contribution in [0.25, 0.3) is 6.08 Å². The third-order valence-corrected chi connectivity index (χ3v) is 4.10. The van der Waals surface area contributed by atoms with Crippen LogP contribution in [-0.2, 0) is 6.42 Å². The SMILES string of the molecule is CCCCC/C=C/c1ccc(OC(=O)c2ccc(CCC)cc2)cc1. The lowest BCUT2D eigenvalue weighted by Crippen LogP contribution is -2.08. The highest BCUT2D eigenvalue weighted by molar-refractivity contribution is 5.91. The van der Waals surface area contributed by atoms with Crippen LogP contribution < -0.4 is 4.74 Å². The van der Waals surface area contributed by atoms with Gasteiger partial charge in [-0.3, -0.25) is 0 Å². The van der Waals surface area contributed by atoms with E-state index in [1.165, 1.54) is 24.8 Å². The highest BCUT2D eigenvalue weighted by Crippen LogP contribution is 2.16. The summed E-state index contributed by atoms with van der Waals surface area (Å²) >= 11 is 0. The average molecular weight is 336 g/mol. The Hall–Kier alpha value is -2.35. The van der Waals surface area contributed by atoms with Gasteiger partial charge in [0.25, 0.3) is 0 Å². The van der Waals surface area contributed by atoms with Gasteiger partial charge in [-0.1, -0.05) is 69.5 Å². The molecule has 2 aromatic carbocycles. The minimum Gasteiger partial charge on any atom is -0.423 e. The Morgan fingerprint density at radius 2 is 1.64 bits per heavy atom. The molecule has 2 aromatic rings. The monoisotopic (exact) mass is 336 g/mol. The van der Waals surface area contributed by atoms with E-state index in [0.717, 1.165) is 24.8 Å². The van der Waals surface area contributed by atoms with Crippen LogP contribution in [0.3, 0.4) is 0 Å². The fourth-order valence-corrected chi connectivity index (χ4v) is 2.64. The average Bonchev–Trinajstić information content (AvgIpc) is 2.64. The van der Waals surface area contributed by atoms with Gasteiger partial charge in [-0.15, -0.1) is 0 Å². The standard InChI is InChI=1S/C23H28O2/c1-3-5-6-7-8-10-20-13-17-22(18-14-20)25-23(24)21-15-11-19(9-4-2)12-16-21/h8,10-18H,3-7,9H2,1-2H3/b10-8+. The third-order valence-electron chi connectivity index (χ3n) is 4.10. The van der Waals surface area contributed by atoms with Crippen LogP contribution in [0.1, 0.15) is 67.4 Å². The number of ether oxygens (including phenoxy) is 1. The van der Waals surface area contributed by atoms with Gasteiger partial charge in [0.05, 0.1) is 5.56 Å². The molecule has 0 radical (unpaired) electrons. The number of rotatable bonds is 9. The molecule has 0 saturated heterocycles. The zero-order chi connectivity index (χ0) is 17.9. The van der Waals surface area contributed by atoms with Gasteiger partial charge >= 0.3 is 5.97 Å². The van der Waals surface area contributed by atoms with Crippen LogP contribution in [0.4, 0.5) is 0 Å². The summed E-state index contributed by atoms with van der Waals surface area (Å²) in [5, 5.41) is 0. The summed E-state index contributed by atoms with van der Waals surface area (Å²) in [7, 11) is 0. The number of allylic oxidation sites excluding steroid dienone is 1. The molecular formula is C23H28O2. The van der Waals surface area contributed by atoms with E-state index in [0.29, 0.717) is 11.3 Å². The van der Waals surface area contributed by atoms with Crippen molar-refractivity contribution in [1.29, 1.82) is 0 Å². The molecule has 0 N–H and O–H groups in total. The second kappa shape index (κ2) is 10.5. The summed E-state index contributed by atoms with van der Waals surface area (Å²) < 4.78 is 5.45. The number of esters is 1. The van der Waals surface area contributed by atoms with Crippen molar-refractivity contribution in [3.05, 3.63) is 71.3 Å². The van der Waals surface area contributed by atoms with Crippen molar-refractivity contribution in [2.24, 2.45) is 0 Å². The van der Waals surface area contributed by atoms with Crippen molar-refractivity contribution in [1.82, 2.24) is 0 Å². The summed E-state index contributed by atoms with van der Waals surface area (Å²) in [5.41, 5.74) is 2.95. The van der Waals surface area contributed by atoms with Gasteiger partial charge in [0.1, 0.15) is 5.75 Å². The molecule has 132 valence electrons. The van der Waals surface area contributed by atoms with E-state index >= 15 is 0 Å². The fraction of sp³-hybridized carbons (Fsp3) is 0.348. The quantitative estimate of drug-likeness (QED) is 0.299. The summed E-state index contributed by atoms with van der Waals surface area (Å²) in [4.78, 5) is 12.2. The van der Waals surface area contributed by atoms with Gasteiger partial charge in [-0.2, -0.15) is 0 Å². The van der Waals surface area contributed by atoms with E-state index in [9.17, 15) is 4.79 Å². The molecule has 0 saturated carbocycles. The molecule has 25 heavy (non-hydrogen) atoms. The number of hydrogen-bond acceptors (Lipinski definition) is 2. The van der Waals surface area contributed by atoms with Crippen LogP contribution in [0, 0.1) is 0 Å². The number of carbonyl (C=O) groups is 1. The van der Waals surface area contributed by atoms with Crippen molar-refractivity contribution in [3.8, 4) is 5.75 Å². The Morgan fingerprint density at radius 1 is 0.920 bits per heavy atom. The number of carbonyl (C=O) groups excluding carboxylic acids is 1. The fourth-order valence-electron chi connectivity index (χ4n) is 2.64. The van der Waals surface area contributed by atoms with Crippen LogP contribution in [0.5, 0.6) is 5.75 Å². The zero-order valence-corrected chi connectivity index (χ0v) is 15.3. The lowest BCUT2D eigenvalue weighted by molar-refractivity contribution is 0.0735. The molecule has 2 nitrogen and oxygen atoms in total. The van der Waals surface area contributed by atoms with Crippen LogP contribution in [0.2, 0.25) is 0 Å². The second-order valence-electron chi connectivity index (χ2n) is 6.30. The Balaban J connectivity index is 1.88. The van der Waals surface area contributed by atoms with Crippen molar-refractivity contribution in [3.63, 3.8) is 0 Å². The molecule has 2 heteroatoms. The molecule has 0 atom stereocenters. The van der Waals surface area contributed by atoms with Crippen LogP contribution in [-0.4, -0.2) is 5.97 Å². The minimum absolute atomic E-state index is 0.314. The molecule has 0 aliphatic heterocycles. The summed E-state index contributed by atoms with van der Waals surface area (Å²) in [6, 6.07) is 15.3. The van der Waals surface area contributed by atoms with Gasteiger partial charge in [0.15, 0.2) is 0 Å². The molecule has 0 heterocycles. The maximum absolute atomic E-state index is 12.2. The summed E-state index contributed by atoms with van der Waals surface area (Å²) in [6.07, 6.45) is 11.3. The molecule has 0 bridgehead atoms. The highest BCUT2D eigenvalue weighted by Gasteiger charge is 2.08. The lowest BCUT2D eigenvalue weighted by Gasteiger charge is -2.06. The van der Waals surface area contributed by atoms with Crippen LogP contribution in [0.15, 0.2) is 54.6 Å². The maximum Gasteiger partial charge on any atom is 0.343 e. The minimum atomic E-state index is -0.314. The first-order valence-corrected chi connectivity index (χ1v) is 9.30. The normalized spacial score (nSPS) is 11.0. The molecule has 2 rings (SSSR count). The van der Waals surface area contributed by atoms with Gasteiger partial charge in [-0.05, 0) is 54.7 Å². The Bertz CT molecular complexity index is 666. The van der Waals surface area contributed by atoms with Crippen molar-refractivity contribution < 1.29 is 9.53 Å². The molecule has 0 aromatic heterocycles. The van der Waals surface area contributed by atoms with E-state index in [1.54, 1.807) is 0 Å². The van der Waals surface area contributed by atoms with Crippen LogP contribution >= 0.6 is 0 Å². The second-order valence-corrected chi connectivity index (χ2v) is 6.30. The van der Waals surface area contributed by atoms with Crippen molar-refractivity contribution in [2.75, 3.05) is 0 Å². The maximum atomic E-state index is 12.2. The highest BCUT2D eigenvalue weighted by atomic mass is 16.5. The summed E-state index contributed by atoms with van der Waals surface area (Å²) in [5.74, 6) is 0.261. The smallest absolute Gasteiger partial charge is 0.343 e. The molecule has 0 fully saturated rings. The number of unbranched alkanes of at least 4 members (excludes halogenated alkanes) is 3. The predicted molar refractivity (Wildman–Crippen MR) is 105 cm³/mol. The van der Waals surface area contributed by atoms with Gasteiger partial charge in [0, 0.05) is 0 Å². The molecule has 0 aliphatic rings. The van der Waals surface area contributed by atoms with Crippen molar-refractivity contribution in [2.45, 2.75) is 52.4 Å². The Labute approximate surface area is 151 Å². The van der Waals surface area contributed by atoms with E-state index in [1.807, 2.05) is 48.5 Å². The van der Waals surface area contributed by atoms with Crippen molar-refractivity contribution >= 4 is 12.0 Å². The molecular weight excluding hydrogens is 308 g/mol. The number of aryl methyl sites for hydroxylation is 1. The Morgan fingerprint density at radius 3 is 2.28 bits per heavy atom. The lowest BCUT2D eigenvalue weighted by atomic mass is 10.1. The van der Waals surface area contributed by atoms with Gasteiger partial charge in [0.2, 0.25) is 0 Å². The van der Waals surface area contributed by atoms with E-state index < -0.39 is 0 Å². The Kier molecular flexibility index (Phi) is 7.97. The topological polar surface area (TPSA) is 26.3 Å². The predicted octanol–water partition coefficient (Wildman–Crippen LogP) is 6.45. The first-order chi connectivity index (χ1) is 12.2. The molecule has 0 unspecified atom stereocenters. The van der Waals surface area contributed by atoms with Gasteiger partial charge < -0.3 is 4.74 Å². The largest absolute Gasteiger partial charge is 0.423 e. The number of benzene rings is 2. The molecule has 0 amide bonds. The van der Waals surface area contributed by atoms with E-state index in [-0.39, 0.29) is 5.97 Å². The molecule has 0 spiro atoms. The first-order valence-electron chi connectivity index (χ1n) is 9.30. The van der Waals surface area contributed by atoms with E-state index in [4.69, 9.17) is 4.74 Å². The van der Waals surface area contributed by atoms with Gasteiger partial charge in [-0.25, -0.2) is 4.79 Å². The zero-order valence-electron chi connectivity index (χ0n) is 15.3. The number of hydrogen-bond donors (Lipinski definition) is 0. The van der Waals surface area contributed by atoms with E-state index in [2.05, 4.69) is 26.0 Å². The third kappa shape index (κ3) is 6.58. The first kappa shape index (κ1) is 19.0. The molecule has 0 aliphatic carbocycles.